The van der Waals surface area contributed by atoms with Gasteiger partial charge in [0.25, 0.3) is 0 Å². The first-order chi connectivity index (χ1) is 14.7. The fourth-order valence-corrected chi connectivity index (χ4v) is 4.36. The molecule has 1 unspecified atom stereocenters. The maximum atomic E-state index is 6.52. The number of halogens is 2. The van der Waals surface area contributed by atoms with Gasteiger partial charge >= 0.3 is 0 Å². The van der Waals surface area contributed by atoms with E-state index < -0.39 is 0 Å². The summed E-state index contributed by atoms with van der Waals surface area (Å²) in [5.74, 6) is 2.83. The Bertz CT molecular complexity index is 835. The van der Waals surface area contributed by atoms with Crippen LogP contribution in [0.15, 0.2) is 29.3 Å². The number of aromatic nitrogens is 3. The van der Waals surface area contributed by atoms with Gasteiger partial charge in [-0.3, -0.25) is 9.89 Å². The Labute approximate surface area is 208 Å². The number of rotatable bonds is 8. The molecule has 0 bridgehead atoms. The van der Waals surface area contributed by atoms with Crippen molar-refractivity contribution in [3.05, 3.63) is 46.5 Å². The predicted octanol–water partition coefficient (Wildman–Crippen LogP) is 4.02. The van der Waals surface area contributed by atoms with Crippen molar-refractivity contribution < 1.29 is 0 Å². The molecule has 9 heteroatoms. The molecular weight excluding hydrogens is 525 g/mol. The van der Waals surface area contributed by atoms with Gasteiger partial charge in [0.2, 0.25) is 0 Å². The number of guanidine groups is 1. The van der Waals surface area contributed by atoms with Gasteiger partial charge in [-0.25, -0.2) is 0 Å². The summed E-state index contributed by atoms with van der Waals surface area (Å²) in [4.78, 5) is 6.81. The Morgan fingerprint density at radius 2 is 1.94 bits per heavy atom. The lowest BCUT2D eigenvalue weighted by Crippen LogP contribution is -2.43. The average molecular weight is 560 g/mol. The normalized spacial score (nSPS) is 15.1. The lowest BCUT2D eigenvalue weighted by atomic mass is 10.0. The Balaban J connectivity index is 0.00000341. The number of nitrogens with zero attached hydrogens (tertiary/aromatic N) is 5. The summed E-state index contributed by atoms with van der Waals surface area (Å²) in [6.45, 7) is 8.58. The molecule has 31 heavy (non-hydrogen) atoms. The minimum atomic E-state index is 0. The molecule has 2 aromatic rings. The van der Waals surface area contributed by atoms with Crippen LogP contribution in [0, 0.1) is 0 Å². The van der Waals surface area contributed by atoms with Crippen molar-refractivity contribution in [2.45, 2.75) is 58.7 Å². The largest absolute Gasteiger partial charge is 0.354 e. The van der Waals surface area contributed by atoms with Crippen molar-refractivity contribution in [3.8, 4) is 0 Å². The van der Waals surface area contributed by atoms with E-state index in [1.54, 1.807) is 7.05 Å². The van der Waals surface area contributed by atoms with Crippen LogP contribution in [0.4, 0.5) is 0 Å². The van der Waals surface area contributed by atoms with Crippen LogP contribution in [0.3, 0.4) is 0 Å². The summed E-state index contributed by atoms with van der Waals surface area (Å²) >= 11 is 6.52. The number of benzene rings is 1. The van der Waals surface area contributed by atoms with Crippen molar-refractivity contribution in [1.29, 1.82) is 0 Å². The number of nitrogens with one attached hydrogen (secondary N) is 2. The molecule has 0 saturated carbocycles. The summed E-state index contributed by atoms with van der Waals surface area (Å²) in [6, 6.07) is 8.24. The summed E-state index contributed by atoms with van der Waals surface area (Å²) in [6.07, 6.45) is 4.66. The number of aryl methyl sites for hydroxylation is 1. The molecule has 1 aromatic carbocycles. The molecule has 2 heterocycles. The lowest BCUT2D eigenvalue weighted by Gasteiger charge is -2.31. The highest BCUT2D eigenvalue weighted by Gasteiger charge is 2.21. The summed E-state index contributed by atoms with van der Waals surface area (Å²) in [5, 5.41) is 16.5. The van der Waals surface area contributed by atoms with Crippen LogP contribution in [0.25, 0.3) is 0 Å². The Kier molecular flexibility index (Phi) is 11.0. The summed E-state index contributed by atoms with van der Waals surface area (Å²) in [5.41, 5.74) is 1.13. The molecule has 0 aliphatic carbocycles. The zero-order chi connectivity index (χ0) is 21.3. The molecule has 0 radical (unpaired) electrons. The van der Waals surface area contributed by atoms with Gasteiger partial charge in [0.1, 0.15) is 5.82 Å². The topological polar surface area (TPSA) is 70.4 Å². The number of hydrogen-bond donors (Lipinski definition) is 2. The van der Waals surface area contributed by atoms with Crippen molar-refractivity contribution in [2.24, 2.45) is 4.99 Å². The average Bonchev–Trinajstić information content (AvgIpc) is 2.99. The molecule has 3 rings (SSSR count). The highest BCUT2D eigenvalue weighted by Crippen LogP contribution is 2.27. The van der Waals surface area contributed by atoms with Crippen molar-refractivity contribution in [1.82, 2.24) is 30.3 Å². The molecular formula is C22H35ClIN7. The second kappa shape index (κ2) is 13.2. The predicted molar refractivity (Wildman–Crippen MR) is 138 cm³/mol. The monoisotopic (exact) mass is 559 g/mol. The zero-order valence-corrected chi connectivity index (χ0v) is 21.9. The van der Waals surface area contributed by atoms with E-state index in [1.807, 2.05) is 18.2 Å². The van der Waals surface area contributed by atoms with Gasteiger partial charge in [-0.15, -0.1) is 34.2 Å². The van der Waals surface area contributed by atoms with Crippen LogP contribution in [-0.4, -0.2) is 52.3 Å². The van der Waals surface area contributed by atoms with E-state index in [9.17, 15) is 0 Å². The van der Waals surface area contributed by atoms with Gasteiger partial charge in [-0.2, -0.15) is 0 Å². The Morgan fingerprint density at radius 1 is 1.16 bits per heavy atom. The van der Waals surface area contributed by atoms with Crippen LogP contribution >= 0.6 is 35.6 Å². The van der Waals surface area contributed by atoms with Crippen LogP contribution in [0.2, 0.25) is 5.02 Å². The highest BCUT2D eigenvalue weighted by molar-refractivity contribution is 14.0. The van der Waals surface area contributed by atoms with Gasteiger partial charge in [-0.1, -0.05) is 50.1 Å². The molecule has 172 valence electrons. The molecule has 2 N–H and O–H groups in total. The van der Waals surface area contributed by atoms with Gasteiger partial charge < -0.3 is 15.2 Å². The smallest absolute Gasteiger partial charge is 0.191 e. The van der Waals surface area contributed by atoms with Crippen molar-refractivity contribution in [3.63, 3.8) is 0 Å². The molecule has 1 aliphatic rings. The summed E-state index contributed by atoms with van der Waals surface area (Å²) in [7, 11) is 1.79. The molecule has 1 atom stereocenters. The molecule has 0 saturated heterocycles. The molecule has 7 nitrogen and oxygen atoms in total. The van der Waals surface area contributed by atoms with Crippen molar-refractivity contribution >= 4 is 41.5 Å². The van der Waals surface area contributed by atoms with Gasteiger partial charge in [-0.05, 0) is 37.6 Å². The minimum absolute atomic E-state index is 0. The van der Waals surface area contributed by atoms with Crippen molar-refractivity contribution in [2.75, 3.05) is 26.7 Å². The number of fused-ring (bicyclic) bond motifs is 1. The van der Waals surface area contributed by atoms with E-state index in [1.165, 1.54) is 19.3 Å². The minimum Gasteiger partial charge on any atom is -0.354 e. The first kappa shape index (κ1) is 25.9. The first-order valence-electron chi connectivity index (χ1n) is 11.0. The van der Waals surface area contributed by atoms with E-state index in [2.05, 4.69) is 55.2 Å². The van der Waals surface area contributed by atoms with E-state index in [0.717, 1.165) is 54.2 Å². The summed E-state index contributed by atoms with van der Waals surface area (Å²) < 4.78 is 2.26. The maximum absolute atomic E-state index is 6.52. The third kappa shape index (κ3) is 6.79. The maximum Gasteiger partial charge on any atom is 0.191 e. The molecule has 0 amide bonds. The third-order valence-electron chi connectivity index (χ3n) is 5.80. The second-order valence-electron chi connectivity index (χ2n) is 7.56. The molecule has 1 aliphatic heterocycles. The quantitative estimate of drug-likeness (QED) is 0.290. The Morgan fingerprint density at radius 3 is 2.65 bits per heavy atom. The highest BCUT2D eigenvalue weighted by atomic mass is 127. The number of aliphatic imine (C=N–C) groups is 1. The molecule has 0 spiro atoms. The van der Waals surface area contributed by atoms with Crippen LogP contribution in [0.1, 0.15) is 56.4 Å². The second-order valence-corrected chi connectivity index (χ2v) is 7.97. The fourth-order valence-electron chi connectivity index (χ4n) is 4.10. The van der Waals surface area contributed by atoms with E-state index in [0.29, 0.717) is 13.1 Å². The number of hydrogen-bond acceptors (Lipinski definition) is 4. The molecule has 0 fully saturated rings. The van der Waals surface area contributed by atoms with Crippen LogP contribution < -0.4 is 10.6 Å². The lowest BCUT2D eigenvalue weighted by molar-refractivity contribution is 0.219. The van der Waals surface area contributed by atoms with Gasteiger partial charge in [0.15, 0.2) is 11.8 Å². The zero-order valence-electron chi connectivity index (χ0n) is 18.8. The third-order valence-corrected chi connectivity index (χ3v) is 6.15. The van der Waals surface area contributed by atoms with E-state index in [-0.39, 0.29) is 30.0 Å². The fraction of sp³-hybridized carbons (Fsp3) is 0.591. The van der Waals surface area contributed by atoms with E-state index in [4.69, 9.17) is 11.6 Å². The van der Waals surface area contributed by atoms with Gasteiger partial charge in [0.05, 0.1) is 12.6 Å². The van der Waals surface area contributed by atoms with Gasteiger partial charge in [0, 0.05) is 31.6 Å². The molecule has 1 aromatic heterocycles. The van der Waals surface area contributed by atoms with E-state index >= 15 is 0 Å². The Hall–Kier alpha value is -1.39. The van der Waals surface area contributed by atoms with Crippen LogP contribution in [-0.2, 0) is 19.5 Å². The van der Waals surface area contributed by atoms with Crippen LogP contribution in [0.5, 0.6) is 0 Å². The SMILES string of the molecule is CCN(CC)C(CNC(=NC)NCc1nnc2n1CCCCC2)c1ccccc1Cl.I. The standard InChI is InChI=1S/C22H34ClN7.HI/c1-4-29(5-2)19(17-11-8-9-12-18(17)23)15-25-22(24-3)26-16-21-28-27-20-13-7-6-10-14-30(20)21;/h8-9,11-12,19H,4-7,10,13-16H2,1-3H3,(H2,24,25,26);1H. The first-order valence-corrected chi connectivity index (χ1v) is 11.4. The number of likely N-dealkylation sites (N-methyl/N-ethyl adjacent to an activating group) is 1.